The number of halogens is 1. The first-order valence-corrected chi connectivity index (χ1v) is 8.11. The third-order valence-corrected chi connectivity index (χ3v) is 3.78. The van der Waals surface area contributed by atoms with Crippen molar-refractivity contribution in [3.63, 3.8) is 0 Å². The van der Waals surface area contributed by atoms with Crippen LogP contribution < -0.4 is 5.32 Å². The lowest BCUT2D eigenvalue weighted by Gasteiger charge is -2.17. The number of rotatable bonds is 7. The van der Waals surface area contributed by atoms with Gasteiger partial charge in [0.25, 0.3) is 0 Å². The van der Waals surface area contributed by atoms with E-state index in [1.165, 1.54) is 26.4 Å². The summed E-state index contributed by atoms with van der Waals surface area (Å²) in [6.07, 6.45) is 1.23. The summed E-state index contributed by atoms with van der Waals surface area (Å²) < 4.78 is 14.8. The number of hydrogen-bond acceptors (Lipinski definition) is 6. The highest BCUT2D eigenvalue weighted by molar-refractivity contribution is 6.30. The van der Waals surface area contributed by atoms with Gasteiger partial charge in [-0.15, -0.1) is 0 Å². The van der Waals surface area contributed by atoms with Crippen LogP contribution in [0.5, 0.6) is 0 Å². The van der Waals surface area contributed by atoms with Crippen molar-refractivity contribution < 1.29 is 28.3 Å². The summed E-state index contributed by atoms with van der Waals surface area (Å²) >= 11 is 5.86. The molecule has 0 saturated carbocycles. The maximum Gasteiger partial charge on any atom is 0.374 e. The van der Waals surface area contributed by atoms with E-state index in [-0.39, 0.29) is 24.7 Å². The summed E-state index contributed by atoms with van der Waals surface area (Å²) in [6, 6.07) is 7.76. The Morgan fingerprint density at radius 2 is 1.88 bits per heavy atom. The van der Waals surface area contributed by atoms with E-state index >= 15 is 0 Å². The second-order valence-electron chi connectivity index (χ2n) is 5.44. The molecule has 0 saturated heterocycles. The number of hydrogen-bond donors (Lipinski definition) is 1. The molecule has 1 aromatic heterocycles. The van der Waals surface area contributed by atoms with Gasteiger partial charge in [0.15, 0.2) is 0 Å². The van der Waals surface area contributed by atoms with Crippen molar-refractivity contribution in [3.05, 3.63) is 58.5 Å². The van der Waals surface area contributed by atoms with Crippen LogP contribution in [-0.2, 0) is 25.7 Å². The minimum atomic E-state index is -0.654. The zero-order valence-corrected chi connectivity index (χ0v) is 15.0. The van der Waals surface area contributed by atoms with Crippen LogP contribution in [0.15, 0.2) is 41.0 Å². The van der Waals surface area contributed by atoms with Crippen LogP contribution in [0.3, 0.4) is 0 Å². The minimum absolute atomic E-state index is 0.0172. The van der Waals surface area contributed by atoms with Crippen LogP contribution in [0, 0.1) is 0 Å². The van der Waals surface area contributed by atoms with Gasteiger partial charge in [0.05, 0.1) is 25.8 Å². The molecule has 138 valence electrons. The predicted octanol–water partition coefficient (Wildman–Crippen LogP) is 3.03. The summed E-state index contributed by atoms with van der Waals surface area (Å²) in [5.74, 6) is -1.49. The molecule has 1 heterocycles. The molecule has 7 nitrogen and oxygen atoms in total. The van der Waals surface area contributed by atoms with E-state index in [1.54, 1.807) is 24.3 Å². The summed E-state index contributed by atoms with van der Waals surface area (Å²) in [5.41, 5.74) is 1.12. The summed E-state index contributed by atoms with van der Waals surface area (Å²) in [4.78, 5) is 35.1. The molecule has 1 unspecified atom stereocenters. The molecule has 1 N–H and O–H groups in total. The van der Waals surface area contributed by atoms with Gasteiger partial charge in [-0.2, -0.15) is 0 Å². The Bertz CT molecular complexity index is 783. The highest BCUT2D eigenvalue weighted by Crippen LogP contribution is 2.21. The molecule has 2 rings (SSSR count). The monoisotopic (exact) mass is 379 g/mol. The third-order valence-electron chi connectivity index (χ3n) is 3.53. The van der Waals surface area contributed by atoms with Gasteiger partial charge in [-0.25, -0.2) is 4.79 Å². The van der Waals surface area contributed by atoms with Crippen LogP contribution in [0.1, 0.15) is 41.1 Å². The molecule has 0 fully saturated rings. The second-order valence-corrected chi connectivity index (χ2v) is 5.87. The van der Waals surface area contributed by atoms with Crippen molar-refractivity contribution in [2.75, 3.05) is 7.11 Å². The van der Waals surface area contributed by atoms with E-state index in [4.69, 9.17) is 20.8 Å². The average molecular weight is 380 g/mol. The lowest BCUT2D eigenvalue weighted by atomic mass is 10.0. The molecule has 0 aliphatic rings. The number of ether oxygens (including phenoxy) is 2. The Morgan fingerprint density at radius 1 is 1.19 bits per heavy atom. The molecular formula is C18H18ClNO6. The van der Waals surface area contributed by atoms with Crippen molar-refractivity contribution in [3.8, 4) is 0 Å². The molecule has 0 aliphatic carbocycles. The Hall–Kier alpha value is -2.80. The number of esters is 2. The van der Waals surface area contributed by atoms with Gasteiger partial charge in [0.1, 0.15) is 6.61 Å². The van der Waals surface area contributed by atoms with Crippen molar-refractivity contribution >= 4 is 29.4 Å². The number of methoxy groups -OCH3 is 1. The molecule has 8 heteroatoms. The summed E-state index contributed by atoms with van der Waals surface area (Å²) in [5, 5.41) is 3.25. The number of carbonyl (C=O) groups is 3. The lowest BCUT2D eigenvalue weighted by molar-refractivity contribution is -0.145. The standard InChI is InChI=1S/C18H18ClNO6/c1-11(21)20-15(12-3-5-14(19)6-4-12)9-16(22)26-10-13-7-8-25-17(13)18(23)24-2/h3-8,15H,9-10H2,1-2H3,(H,20,21). The van der Waals surface area contributed by atoms with Gasteiger partial charge in [-0.1, -0.05) is 23.7 Å². The fraction of sp³-hybridized carbons (Fsp3) is 0.278. The second kappa shape index (κ2) is 9.05. The minimum Gasteiger partial charge on any atom is -0.463 e. The molecule has 1 aromatic carbocycles. The molecule has 0 aliphatic heterocycles. The molecular weight excluding hydrogens is 362 g/mol. The largest absolute Gasteiger partial charge is 0.463 e. The SMILES string of the molecule is COC(=O)c1occc1COC(=O)CC(NC(C)=O)c1ccc(Cl)cc1. The number of benzene rings is 1. The molecule has 0 radical (unpaired) electrons. The van der Waals surface area contributed by atoms with Crippen LogP contribution >= 0.6 is 11.6 Å². The van der Waals surface area contributed by atoms with Gasteiger partial charge < -0.3 is 19.2 Å². The highest BCUT2D eigenvalue weighted by Gasteiger charge is 2.20. The Balaban J connectivity index is 2.01. The van der Waals surface area contributed by atoms with Crippen molar-refractivity contribution in [1.82, 2.24) is 5.32 Å². The van der Waals surface area contributed by atoms with Crippen molar-refractivity contribution in [1.29, 1.82) is 0 Å². The van der Waals surface area contributed by atoms with E-state index in [0.29, 0.717) is 10.6 Å². The van der Waals surface area contributed by atoms with Gasteiger partial charge in [0.2, 0.25) is 11.7 Å². The first-order chi connectivity index (χ1) is 12.4. The smallest absolute Gasteiger partial charge is 0.374 e. The zero-order valence-electron chi connectivity index (χ0n) is 14.3. The first-order valence-electron chi connectivity index (χ1n) is 7.73. The molecule has 1 atom stereocenters. The van der Waals surface area contributed by atoms with Crippen molar-refractivity contribution in [2.24, 2.45) is 0 Å². The Morgan fingerprint density at radius 3 is 2.50 bits per heavy atom. The molecule has 0 spiro atoms. The molecule has 0 bridgehead atoms. The van der Waals surface area contributed by atoms with E-state index in [1.807, 2.05) is 0 Å². The zero-order chi connectivity index (χ0) is 19.1. The maximum atomic E-state index is 12.2. The molecule has 2 aromatic rings. The van der Waals surface area contributed by atoms with Crippen LogP contribution in [0.25, 0.3) is 0 Å². The van der Waals surface area contributed by atoms with E-state index < -0.39 is 18.0 Å². The number of furan rings is 1. The number of nitrogens with one attached hydrogen (secondary N) is 1. The summed E-state index contributed by atoms with van der Waals surface area (Å²) in [6.45, 7) is 1.22. The van der Waals surface area contributed by atoms with Gasteiger partial charge in [0, 0.05) is 17.5 Å². The Labute approximate surface area is 155 Å². The quantitative estimate of drug-likeness (QED) is 0.743. The van der Waals surface area contributed by atoms with E-state index in [9.17, 15) is 14.4 Å². The van der Waals surface area contributed by atoms with Crippen LogP contribution in [0.4, 0.5) is 0 Å². The topological polar surface area (TPSA) is 94.8 Å². The molecule has 26 heavy (non-hydrogen) atoms. The van der Waals surface area contributed by atoms with Gasteiger partial charge in [-0.3, -0.25) is 9.59 Å². The lowest BCUT2D eigenvalue weighted by Crippen LogP contribution is -2.28. The first kappa shape index (κ1) is 19.5. The van der Waals surface area contributed by atoms with E-state index in [2.05, 4.69) is 10.1 Å². The van der Waals surface area contributed by atoms with Crippen LogP contribution in [-0.4, -0.2) is 25.0 Å². The normalized spacial score (nSPS) is 11.5. The fourth-order valence-electron chi connectivity index (χ4n) is 2.30. The predicted molar refractivity (Wildman–Crippen MR) is 92.5 cm³/mol. The third kappa shape index (κ3) is 5.35. The molecule has 1 amide bonds. The maximum absolute atomic E-state index is 12.2. The number of carbonyl (C=O) groups excluding carboxylic acids is 3. The van der Waals surface area contributed by atoms with E-state index in [0.717, 1.165) is 5.56 Å². The summed E-state index contributed by atoms with van der Waals surface area (Å²) in [7, 11) is 1.23. The van der Waals surface area contributed by atoms with Gasteiger partial charge >= 0.3 is 11.9 Å². The average Bonchev–Trinajstić information content (AvgIpc) is 3.07. The van der Waals surface area contributed by atoms with Gasteiger partial charge in [-0.05, 0) is 23.8 Å². The fourth-order valence-corrected chi connectivity index (χ4v) is 2.42. The Kier molecular flexibility index (Phi) is 6.80. The van der Waals surface area contributed by atoms with Crippen molar-refractivity contribution in [2.45, 2.75) is 26.0 Å². The highest BCUT2D eigenvalue weighted by atomic mass is 35.5. The number of amides is 1. The van der Waals surface area contributed by atoms with Crippen LogP contribution in [0.2, 0.25) is 5.02 Å².